The zero-order chi connectivity index (χ0) is 17.0. The highest BCUT2D eigenvalue weighted by molar-refractivity contribution is 7.12. The van der Waals surface area contributed by atoms with E-state index in [1.807, 2.05) is 36.6 Å². The Bertz CT molecular complexity index is 720. The molecule has 0 bridgehead atoms. The number of rotatable bonds is 6. The van der Waals surface area contributed by atoms with Gasteiger partial charge in [-0.05, 0) is 56.0 Å². The van der Waals surface area contributed by atoms with Crippen LogP contribution in [-0.2, 0) is 9.63 Å². The Labute approximate surface area is 139 Å². The van der Waals surface area contributed by atoms with Crippen molar-refractivity contribution in [2.24, 2.45) is 5.16 Å². The summed E-state index contributed by atoms with van der Waals surface area (Å²) in [7, 11) is 1.51. The van der Waals surface area contributed by atoms with Crippen LogP contribution >= 0.6 is 11.3 Å². The van der Waals surface area contributed by atoms with Crippen LogP contribution in [0.15, 0.2) is 40.9 Å². The van der Waals surface area contributed by atoms with Crippen LogP contribution in [-0.4, -0.2) is 29.5 Å². The van der Waals surface area contributed by atoms with Gasteiger partial charge in [0.1, 0.15) is 18.6 Å². The number of thiophene rings is 1. The lowest BCUT2D eigenvalue weighted by Crippen LogP contribution is -2.38. The number of oxime groups is 1. The van der Waals surface area contributed by atoms with E-state index in [9.17, 15) is 9.90 Å². The van der Waals surface area contributed by atoms with E-state index in [1.165, 1.54) is 21.0 Å². The first-order valence-corrected chi connectivity index (χ1v) is 7.91. The second-order valence-electron chi connectivity index (χ2n) is 5.50. The number of nitrogens with zero attached hydrogens (tertiary/aromatic N) is 1. The van der Waals surface area contributed by atoms with E-state index >= 15 is 0 Å². The molecule has 0 saturated heterocycles. The minimum Gasteiger partial charge on any atom is -0.478 e. The van der Waals surface area contributed by atoms with Crippen LogP contribution < -0.4 is 4.74 Å². The molecule has 2 aromatic rings. The predicted molar refractivity (Wildman–Crippen MR) is 90.5 cm³/mol. The molecule has 5 nitrogen and oxygen atoms in total. The van der Waals surface area contributed by atoms with E-state index < -0.39 is 11.6 Å². The molecule has 0 aliphatic carbocycles. The summed E-state index contributed by atoms with van der Waals surface area (Å²) in [6.45, 7) is 4.91. The van der Waals surface area contributed by atoms with E-state index in [-0.39, 0.29) is 0 Å². The molecular formula is C17H19NO4S. The molecule has 1 heterocycles. The van der Waals surface area contributed by atoms with Crippen LogP contribution in [0, 0.1) is 6.92 Å². The van der Waals surface area contributed by atoms with Gasteiger partial charge in [0.05, 0.1) is 4.88 Å². The summed E-state index contributed by atoms with van der Waals surface area (Å²) in [5.74, 6) is -0.481. The number of ether oxygens (including phenoxy) is 1. The molecule has 0 fully saturated rings. The molecule has 6 heteroatoms. The number of hydrogen-bond acceptors (Lipinski definition) is 5. The number of aliphatic carboxylic acids is 1. The Hall–Kier alpha value is -2.34. The Balaban J connectivity index is 2.35. The van der Waals surface area contributed by atoms with E-state index in [0.717, 1.165) is 21.7 Å². The van der Waals surface area contributed by atoms with Crippen LogP contribution in [0.4, 0.5) is 0 Å². The average molecular weight is 333 g/mol. The summed E-state index contributed by atoms with van der Waals surface area (Å²) >= 11 is 1.57. The Morgan fingerprint density at radius 2 is 2.04 bits per heavy atom. The number of hydrogen-bond donors (Lipinski definition) is 1. The fourth-order valence-corrected chi connectivity index (χ4v) is 2.70. The number of benzene rings is 1. The number of aryl methyl sites for hydroxylation is 1. The van der Waals surface area contributed by atoms with Crippen molar-refractivity contribution in [1.29, 1.82) is 0 Å². The fraction of sp³-hybridized carbons (Fsp3) is 0.294. The molecule has 1 aromatic heterocycles. The summed E-state index contributed by atoms with van der Waals surface area (Å²) in [5, 5.41) is 15.2. The van der Waals surface area contributed by atoms with Gasteiger partial charge in [-0.2, -0.15) is 0 Å². The van der Waals surface area contributed by atoms with Crippen molar-refractivity contribution in [2.45, 2.75) is 26.4 Å². The maximum Gasteiger partial charge on any atom is 0.347 e. The van der Waals surface area contributed by atoms with Crippen molar-refractivity contribution in [1.82, 2.24) is 0 Å². The molecule has 0 aliphatic rings. The van der Waals surface area contributed by atoms with Crippen molar-refractivity contribution >= 4 is 23.0 Å². The van der Waals surface area contributed by atoms with Crippen LogP contribution in [0.3, 0.4) is 0 Å². The lowest BCUT2D eigenvalue weighted by atomic mass is 10.0. The van der Waals surface area contributed by atoms with Gasteiger partial charge in [-0.1, -0.05) is 11.2 Å². The van der Waals surface area contributed by atoms with Crippen LogP contribution in [0.25, 0.3) is 0 Å². The molecule has 0 aliphatic heterocycles. The second-order valence-corrected chi connectivity index (χ2v) is 6.45. The summed E-state index contributed by atoms with van der Waals surface area (Å²) in [6.07, 6.45) is 0. The van der Waals surface area contributed by atoms with Gasteiger partial charge < -0.3 is 14.7 Å². The molecule has 2 rings (SSSR count). The van der Waals surface area contributed by atoms with Gasteiger partial charge in [0, 0.05) is 5.56 Å². The fourth-order valence-electron chi connectivity index (χ4n) is 1.97. The third-order valence-electron chi connectivity index (χ3n) is 3.27. The Kier molecular flexibility index (Phi) is 5.05. The van der Waals surface area contributed by atoms with Crippen molar-refractivity contribution in [3.05, 3.63) is 51.7 Å². The van der Waals surface area contributed by atoms with E-state index in [4.69, 9.17) is 9.57 Å². The van der Waals surface area contributed by atoms with Crippen LogP contribution in [0.1, 0.15) is 29.9 Å². The minimum absolute atomic E-state index is 0.532. The predicted octanol–water partition coefficient (Wildman–Crippen LogP) is 3.70. The summed E-state index contributed by atoms with van der Waals surface area (Å²) in [6, 6.07) is 9.43. The molecular weight excluding hydrogens is 314 g/mol. The molecule has 0 spiro atoms. The molecule has 0 saturated carbocycles. The quantitative estimate of drug-likeness (QED) is 0.646. The van der Waals surface area contributed by atoms with Gasteiger partial charge in [0.25, 0.3) is 0 Å². The molecule has 0 unspecified atom stereocenters. The first kappa shape index (κ1) is 17.0. The van der Waals surface area contributed by atoms with E-state index in [0.29, 0.717) is 5.75 Å². The topological polar surface area (TPSA) is 68.1 Å². The molecule has 1 aromatic carbocycles. The summed E-state index contributed by atoms with van der Waals surface area (Å²) in [4.78, 5) is 17.1. The van der Waals surface area contributed by atoms with Crippen LogP contribution in [0.5, 0.6) is 5.75 Å². The van der Waals surface area contributed by atoms with Gasteiger partial charge in [-0.15, -0.1) is 11.3 Å². The highest BCUT2D eigenvalue weighted by Crippen LogP contribution is 2.26. The monoisotopic (exact) mass is 333 g/mol. The smallest absolute Gasteiger partial charge is 0.347 e. The standard InChI is InChI=1S/C17H19NO4S/c1-11-10-12(15(18-21-4)14-6-5-9-23-14)7-8-13(11)22-17(2,3)16(19)20/h5-10H,1-4H3,(H,19,20). The average Bonchev–Trinajstić information content (AvgIpc) is 3.00. The zero-order valence-electron chi connectivity index (χ0n) is 13.5. The number of carboxylic acids is 1. The molecule has 23 heavy (non-hydrogen) atoms. The maximum atomic E-state index is 11.2. The lowest BCUT2D eigenvalue weighted by Gasteiger charge is -2.23. The first-order valence-electron chi connectivity index (χ1n) is 7.03. The lowest BCUT2D eigenvalue weighted by molar-refractivity contribution is -0.152. The first-order chi connectivity index (χ1) is 10.8. The summed E-state index contributed by atoms with van der Waals surface area (Å²) in [5.41, 5.74) is 1.16. The van der Waals surface area contributed by atoms with Gasteiger partial charge in [0.2, 0.25) is 0 Å². The number of carboxylic acid groups (broad SMARTS) is 1. The second kappa shape index (κ2) is 6.83. The third-order valence-corrected chi connectivity index (χ3v) is 4.14. The highest BCUT2D eigenvalue weighted by atomic mass is 32.1. The summed E-state index contributed by atoms with van der Waals surface area (Å²) < 4.78 is 5.61. The largest absolute Gasteiger partial charge is 0.478 e. The van der Waals surface area contributed by atoms with Gasteiger partial charge in [-0.3, -0.25) is 0 Å². The zero-order valence-corrected chi connectivity index (χ0v) is 14.3. The molecule has 0 radical (unpaired) electrons. The van der Waals surface area contributed by atoms with E-state index in [2.05, 4.69) is 5.16 Å². The van der Waals surface area contributed by atoms with Gasteiger partial charge in [0.15, 0.2) is 5.60 Å². The Morgan fingerprint density at radius 3 is 2.57 bits per heavy atom. The molecule has 0 amide bonds. The minimum atomic E-state index is -1.29. The molecule has 0 atom stereocenters. The highest BCUT2D eigenvalue weighted by Gasteiger charge is 2.30. The molecule has 122 valence electrons. The van der Waals surface area contributed by atoms with Crippen molar-refractivity contribution in [3.8, 4) is 5.75 Å². The number of carbonyl (C=O) groups is 1. The van der Waals surface area contributed by atoms with Crippen molar-refractivity contribution in [2.75, 3.05) is 7.11 Å². The van der Waals surface area contributed by atoms with Gasteiger partial charge in [-0.25, -0.2) is 4.79 Å². The van der Waals surface area contributed by atoms with Gasteiger partial charge >= 0.3 is 5.97 Å². The SMILES string of the molecule is CON=C(c1ccc(OC(C)(C)C(=O)O)c(C)c1)c1cccs1. The van der Waals surface area contributed by atoms with E-state index in [1.54, 1.807) is 17.4 Å². The Morgan fingerprint density at radius 1 is 1.30 bits per heavy atom. The normalized spacial score (nSPS) is 12.1. The van der Waals surface area contributed by atoms with Crippen LogP contribution in [0.2, 0.25) is 0 Å². The van der Waals surface area contributed by atoms with Crippen molar-refractivity contribution < 1.29 is 19.5 Å². The third kappa shape index (κ3) is 3.90. The maximum absolute atomic E-state index is 11.2. The molecule has 1 N–H and O–H groups in total. The van der Waals surface area contributed by atoms with Crippen molar-refractivity contribution in [3.63, 3.8) is 0 Å².